The molecule has 0 radical (unpaired) electrons. The molecule has 1 fully saturated rings. The van der Waals surface area contributed by atoms with Crippen LogP contribution in [0.25, 0.3) is 0 Å². The Hall–Kier alpha value is -1.39. The number of amides is 1. The van der Waals surface area contributed by atoms with Gasteiger partial charge < -0.3 is 15.4 Å². The summed E-state index contributed by atoms with van der Waals surface area (Å²) in [5, 5.41) is 0. The predicted octanol–water partition coefficient (Wildman–Crippen LogP) is 2.52. The van der Waals surface area contributed by atoms with E-state index in [0.717, 1.165) is 12.0 Å². The lowest BCUT2D eigenvalue weighted by Crippen LogP contribution is -2.65. The lowest BCUT2D eigenvalue weighted by Gasteiger charge is -2.55. The van der Waals surface area contributed by atoms with E-state index in [1.54, 1.807) is 6.92 Å². The van der Waals surface area contributed by atoms with Crippen molar-refractivity contribution in [1.82, 2.24) is 4.90 Å². The molecule has 0 aliphatic heterocycles. The molecular weight excluding hydrogens is 276 g/mol. The van der Waals surface area contributed by atoms with Gasteiger partial charge in [-0.05, 0) is 25.8 Å². The summed E-state index contributed by atoms with van der Waals surface area (Å²) in [7, 11) is 1.85. The number of benzene rings is 1. The highest BCUT2D eigenvalue weighted by atomic mass is 16.5. The van der Waals surface area contributed by atoms with Crippen LogP contribution < -0.4 is 5.73 Å². The molecule has 1 aliphatic carbocycles. The summed E-state index contributed by atoms with van der Waals surface area (Å²) in [6.07, 6.45) is 1.08. The number of ether oxygens (including phenoxy) is 1. The number of hydrogen-bond donors (Lipinski definition) is 1. The van der Waals surface area contributed by atoms with Crippen LogP contribution in [-0.4, -0.2) is 36.6 Å². The maximum absolute atomic E-state index is 12.9. The SMILES string of the molecule is CCOC1CC(N(C)C(=O)C(C)(N)c2ccccc2)C1(C)C. The first kappa shape index (κ1) is 17.0. The van der Waals surface area contributed by atoms with Crippen molar-refractivity contribution in [3.05, 3.63) is 35.9 Å². The number of rotatable bonds is 5. The van der Waals surface area contributed by atoms with Crippen LogP contribution in [-0.2, 0) is 15.1 Å². The van der Waals surface area contributed by atoms with Gasteiger partial charge in [0.05, 0.1) is 6.10 Å². The summed E-state index contributed by atoms with van der Waals surface area (Å²) < 4.78 is 5.75. The van der Waals surface area contributed by atoms with Crippen LogP contribution in [0, 0.1) is 5.41 Å². The van der Waals surface area contributed by atoms with Crippen molar-refractivity contribution in [2.45, 2.75) is 51.8 Å². The van der Waals surface area contributed by atoms with E-state index in [4.69, 9.17) is 10.5 Å². The van der Waals surface area contributed by atoms with Crippen LogP contribution in [0.5, 0.6) is 0 Å². The van der Waals surface area contributed by atoms with E-state index in [-0.39, 0.29) is 23.5 Å². The molecule has 3 unspecified atom stereocenters. The fourth-order valence-electron chi connectivity index (χ4n) is 3.42. The summed E-state index contributed by atoms with van der Waals surface area (Å²) in [6.45, 7) is 8.80. The third-order valence-corrected chi connectivity index (χ3v) is 5.10. The average Bonchev–Trinajstić information content (AvgIpc) is 2.50. The second-order valence-corrected chi connectivity index (χ2v) is 7.00. The molecule has 2 rings (SSSR count). The van der Waals surface area contributed by atoms with Gasteiger partial charge in [0.15, 0.2) is 0 Å². The van der Waals surface area contributed by atoms with E-state index in [9.17, 15) is 4.79 Å². The Labute approximate surface area is 133 Å². The summed E-state index contributed by atoms with van der Waals surface area (Å²) in [6, 6.07) is 9.71. The monoisotopic (exact) mass is 304 g/mol. The van der Waals surface area contributed by atoms with Crippen molar-refractivity contribution in [3.63, 3.8) is 0 Å². The van der Waals surface area contributed by atoms with Gasteiger partial charge in [-0.25, -0.2) is 0 Å². The molecule has 4 heteroatoms. The van der Waals surface area contributed by atoms with E-state index in [0.29, 0.717) is 6.61 Å². The molecule has 0 saturated heterocycles. The first-order valence-corrected chi connectivity index (χ1v) is 7.96. The highest BCUT2D eigenvalue weighted by Crippen LogP contribution is 2.46. The van der Waals surface area contributed by atoms with E-state index < -0.39 is 5.54 Å². The third-order valence-electron chi connectivity index (χ3n) is 5.10. The first-order chi connectivity index (χ1) is 10.2. The minimum absolute atomic E-state index is 0.0484. The number of hydrogen-bond acceptors (Lipinski definition) is 3. The number of likely N-dealkylation sites (N-methyl/N-ethyl adjacent to an activating group) is 1. The zero-order valence-electron chi connectivity index (χ0n) is 14.3. The van der Waals surface area contributed by atoms with Gasteiger partial charge in [-0.1, -0.05) is 44.2 Å². The molecule has 22 heavy (non-hydrogen) atoms. The standard InChI is InChI=1S/C18H28N2O2/c1-6-22-15-12-14(17(15,2)3)20(5)16(21)18(4,19)13-10-8-7-9-11-13/h7-11,14-15H,6,12,19H2,1-5H3. The van der Waals surface area contributed by atoms with Gasteiger partial charge in [-0.2, -0.15) is 0 Å². The highest BCUT2D eigenvalue weighted by Gasteiger charge is 2.53. The van der Waals surface area contributed by atoms with E-state index >= 15 is 0 Å². The van der Waals surface area contributed by atoms with E-state index in [2.05, 4.69) is 13.8 Å². The number of nitrogens with zero attached hydrogens (tertiary/aromatic N) is 1. The Kier molecular flexibility index (Phi) is 4.64. The fourth-order valence-corrected chi connectivity index (χ4v) is 3.42. The maximum Gasteiger partial charge on any atom is 0.246 e. The van der Waals surface area contributed by atoms with Gasteiger partial charge >= 0.3 is 0 Å². The van der Waals surface area contributed by atoms with Crippen molar-refractivity contribution >= 4 is 5.91 Å². The van der Waals surface area contributed by atoms with Crippen molar-refractivity contribution in [1.29, 1.82) is 0 Å². The molecule has 0 heterocycles. The molecule has 3 atom stereocenters. The van der Waals surface area contributed by atoms with Crippen LogP contribution >= 0.6 is 0 Å². The Bertz CT molecular complexity index is 525. The second kappa shape index (κ2) is 6.01. The fraction of sp³-hybridized carbons (Fsp3) is 0.611. The van der Waals surface area contributed by atoms with Crippen LogP contribution in [0.4, 0.5) is 0 Å². The Morgan fingerprint density at radius 2 is 2.00 bits per heavy atom. The molecule has 1 saturated carbocycles. The third kappa shape index (κ3) is 2.77. The minimum atomic E-state index is -1.01. The molecule has 2 N–H and O–H groups in total. The first-order valence-electron chi connectivity index (χ1n) is 7.96. The molecule has 0 aromatic heterocycles. The molecule has 1 aromatic carbocycles. The quantitative estimate of drug-likeness (QED) is 0.909. The Morgan fingerprint density at radius 1 is 1.41 bits per heavy atom. The van der Waals surface area contributed by atoms with Crippen LogP contribution in [0.1, 0.15) is 39.7 Å². The highest BCUT2D eigenvalue weighted by molar-refractivity contribution is 5.87. The average molecular weight is 304 g/mol. The van der Waals surface area contributed by atoms with Gasteiger partial charge in [0.25, 0.3) is 0 Å². The minimum Gasteiger partial charge on any atom is -0.378 e. The zero-order chi connectivity index (χ0) is 16.5. The summed E-state index contributed by atoms with van der Waals surface area (Å²) in [5.41, 5.74) is 6.14. The normalized spacial score (nSPS) is 25.9. The predicted molar refractivity (Wildman–Crippen MR) is 88.4 cm³/mol. The molecular formula is C18H28N2O2. The second-order valence-electron chi connectivity index (χ2n) is 7.00. The lowest BCUT2D eigenvalue weighted by molar-refractivity contribution is -0.167. The zero-order valence-corrected chi connectivity index (χ0v) is 14.3. The van der Waals surface area contributed by atoms with Crippen molar-refractivity contribution in [2.75, 3.05) is 13.7 Å². The molecule has 4 nitrogen and oxygen atoms in total. The van der Waals surface area contributed by atoms with Gasteiger partial charge in [-0.15, -0.1) is 0 Å². The lowest BCUT2D eigenvalue weighted by atomic mass is 9.63. The molecule has 0 bridgehead atoms. The van der Waals surface area contributed by atoms with E-state index in [1.165, 1.54) is 0 Å². The molecule has 1 aromatic rings. The van der Waals surface area contributed by atoms with Gasteiger partial charge in [0, 0.05) is 25.1 Å². The van der Waals surface area contributed by atoms with Crippen LogP contribution in [0.2, 0.25) is 0 Å². The number of nitrogens with two attached hydrogens (primary N) is 1. The van der Waals surface area contributed by atoms with Crippen molar-refractivity contribution in [2.24, 2.45) is 11.1 Å². The summed E-state index contributed by atoms with van der Waals surface area (Å²) in [4.78, 5) is 14.7. The summed E-state index contributed by atoms with van der Waals surface area (Å²) >= 11 is 0. The molecule has 122 valence electrons. The molecule has 1 amide bonds. The van der Waals surface area contributed by atoms with E-state index in [1.807, 2.05) is 49.2 Å². The summed E-state index contributed by atoms with van der Waals surface area (Å²) in [5.74, 6) is -0.0493. The van der Waals surface area contributed by atoms with Gasteiger partial charge in [0.1, 0.15) is 5.54 Å². The molecule has 0 spiro atoms. The maximum atomic E-state index is 12.9. The van der Waals surface area contributed by atoms with Gasteiger partial charge in [0.2, 0.25) is 5.91 Å². The van der Waals surface area contributed by atoms with Gasteiger partial charge in [-0.3, -0.25) is 4.79 Å². The van der Waals surface area contributed by atoms with Crippen molar-refractivity contribution in [3.8, 4) is 0 Å². The van der Waals surface area contributed by atoms with Crippen LogP contribution in [0.3, 0.4) is 0 Å². The largest absolute Gasteiger partial charge is 0.378 e. The Morgan fingerprint density at radius 3 is 2.50 bits per heavy atom. The topological polar surface area (TPSA) is 55.6 Å². The van der Waals surface area contributed by atoms with Crippen LogP contribution in [0.15, 0.2) is 30.3 Å². The van der Waals surface area contributed by atoms with Crippen molar-refractivity contribution < 1.29 is 9.53 Å². The number of carbonyl (C=O) groups is 1. The molecule has 1 aliphatic rings. The Balaban J connectivity index is 2.13. The smallest absolute Gasteiger partial charge is 0.246 e. The number of carbonyl (C=O) groups excluding carboxylic acids is 1.